The largest absolute Gasteiger partial charge is 0.460 e. The minimum absolute atomic E-state index is 0.0559. The van der Waals surface area contributed by atoms with Crippen LogP contribution in [0.2, 0.25) is 0 Å². The van der Waals surface area contributed by atoms with Crippen LogP contribution in [0.25, 0.3) is 21.2 Å². The van der Waals surface area contributed by atoms with E-state index in [1.807, 2.05) is 6.07 Å². The lowest BCUT2D eigenvalue weighted by Crippen LogP contribution is -2.45. The van der Waals surface area contributed by atoms with Crippen LogP contribution in [0.1, 0.15) is 18.7 Å². The Balaban J connectivity index is 1.43. The van der Waals surface area contributed by atoms with E-state index < -0.39 is 56.2 Å². The van der Waals surface area contributed by atoms with Gasteiger partial charge in [-0.25, -0.2) is 9.36 Å². The van der Waals surface area contributed by atoms with Gasteiger partial charge in [-0.3, -0.25) is 13.9 Å². The van der Waals surface area contributed by atoms with E-state index in [0.717, 1.165) is 21.7 Å². The maximum atomic E-state index is 14.4. The Morgan fingerprint density at radius 1 is 1.17 bits per heavy atom. The third kappa shape index (κ3) is 7.03. The number of aliphatic hydroxyl groups is 2. The number of hydrogen-bond acceptors (Lipinski definition) is 12. The van der Waals surface area contributed by atoms with Crippen LogP contribution in [-0.2, 0) is 30.0 Å². The highest BCUT2D eigenvalue weighted by Crippen LogP contribution is 2.49. The number of nitrogens with two attached hydrogens (primary N) is 1. The Morgan fingerprint density at radius 2 is 1.89 bits per heavy atom. The van der Waals surface area contributed by atoms with E-state index in [1.165, 1.54) is 19.1 Å². The second-order valence-electron chi connectivity index (χ2n) is 10.3. The molecule has 0 spiro atoms. The molecule has 1 fully saturated rings. The van der Waals surface area contributed by atoms with Gasteiger partial charge in [0.2, 0.25) is 5.72 Å². The van der Waals surface area contributed by atoms with Gasteiger partial charge in [-0.2, -0.15) is 10.1 Å². The number of carbonyl (C=O) groups excluding carboxylic acids is 1. The Kier molecular flexibility index (Phi) is 9.70. The lowest BCUT2D eigenvalue weighted by Gasteiger charge is -2.29. The van der Waals surface area contributed by atoms with Crippen LogP contribution < -0.4 is 21.0 Å². The van der Waals surface area contributed by atoms with Gasteiger partial charge in [-0.1, -0.05) is 71.8 Å². The Labute approximate surface area is 261 Å². The van der Waals surface area contributed by atoms with Gasteiger partial charge in [0.15, 0.2) is 6.23 Å². The van der Waals surface area contributed by atoms with Gasteiger partial charge in [0.1, 0.15) is 36.4 Å². The highest BCUT2D eigenvalue weighted by Gasteiger charge is 2.56. The number of fused-ring (bicyclic) bond motifs is 1. The van der Waals surface area contributed by atoms with Crippen molar-refractivity contribution in [1.82, 2.24) is 14.6 Å². The third-order valence-electron chi connectivity index (χ3n) is 7.08. The number of ether oxygens (including phenoxy) is 2. The monoisotopic (exact) mass is 651 g/mol. The topological polar surface area (TPSA) is 233 Å². The fraction of sp³-hybridized carbons (Fsp3) is 0.276. The molecule has 46 heavy (non-hydrogen) atoms. The molecule has 0 aliphatic carbocycles. The van der Waals surface area contributed by atoms with Crippen LogP contribution in [0.15, 0.2) is 95.0 Å². The van der Waals surface area contributed by atoms with Gasteiger partial charge >= 0.3 is 19.4 Å². The van der Waals surface area contributed by atoms with Gasteiger partial charge in [-0.05, 0) is 35.5 Å². The summed E-state index contributed by atoms with van der Waals surface area (Å²) in [6, 6.07) is 21.0. The zero-order valence-corrected chi connectivity index (χ0v) is 25.2. The molecule has 1 aliphatic rings. The number of carbonyl (C=O) groups is 1. The number of hydrogen-bond donors (Lipinski definition) is 4. The highest BCUT2D eigenvalue weighted by atomic mass is 31.2. The molecule has 2 heterocycles. The molecular weight excluding hydrogens is 621 g/mol. The quantitative estimate of drug-likeness (QED) is 0.0569. The summed E-state index contributed by atoms with van der Waals surface area (Å²) in [6.45, 7) is 0.351. The summed E-state index contributed by atoms with van der Waals surface area (Å²) in [5, 5.41) is 29.1. The lowest BCUT2D eigenvalue weighted by molar-refractivity contribution is -0.146. The predicted molar refractivity (Wildman–Crippen MR) is 164 cm³/mol. The van der Waals surface area contributed by atoms with Crippen molar-refractivity contribution in [2.24, 2.45) is 5.11 Å². The predicted octanol–water partition coefficient (Wildman–Crippen LogP) is 3.16. The van der Waals surface area contributed by atoms with Crippen LogP contribution in [0, 0.1) is 0 Å². The molecule has 16 nitrogen and oxygen atoms in total. The molecule has 1 aliphatic heterocycles. The number of nitrogens with one attached hydrogen (secondary N) is 1. The SMILES string of the molecule is C[C@H](NP(=O)(OC[C@@]1(N=[N+]=[N-])O[C@@H](n2ccc(N)nc2=O)[C@H](O)[C@@H]1O)Oc1cccc2ccccc12)C(=O)OCc1ccccc1. The molecule has 1 unspecified atom stereocenters. The van der Waals surface area contributed by atoms with Crippen molar-refractivity contribution in [3.8, 4) is 5.75 Å². The van der Waals surface area contributed by atoms with Crippen molar-refractivity contribution >= 4 is 30.3 Å². The number of nitrogen functional groups attached to an aromatic ring is 1. The van der Waals surface area contributed by atoms with Crippen LogP contribution >= 0.6 is 7.75 Å². The fourth-order valence-electron chi connectivity index (χ4n) is 4.73. The first-order valence-electron chi connectivity index (χ1n) is 13.9. The Bertz CT molecular complexity index is 1870. The summed E-state index contributed by atoms with van der Waals surface area (Å²) in [5.41, 5.74) is 12.3. The average Bonchev–Trinajstić information content (AvgIpc) is 3.29. The van der Waals surface area contributed by atoms with Gasteiger partial charge in [-0.15, -0.1) is 0 Å². The lowest BCUT2D eigenvalue weighted by atomic mass is 10.1. The summed E-state index contributed by atoms with van der Waals surface area (Å²) in [4.78, 5) is 31.6. The highest BCUT2D eigenvalue weighted by molar-refractivity contribution is 7.52. The Morgan fingerprint density at radius 3 is 2.63 bits per heavy atom. The van der Waals surface area contributed by atoms with E-state index in [-0.39, 0.29) is 18.2 Å². The number of azide groups is 1. The summed E-state index contributed by atoms with van der Waals surface area (Å²) in [6.07, 6.45) is -4.27. The molecule has 3 aromatic carbocycles. The second-order valence-corrected chi connectivity index (χ2v) is 12.0. The van der Waals surface area contributed by atoms with Crippen molar-refractivity contribution < 1.29 is 38.1 Å². The summed E-state index contributed by atoms with van der Waals surface area (Å²) in [5.74, 6) is -0.781. The molecule has 5 N–H and O–H groups in total. The standard InChI is InChI=1S/C29H30N7O9P/c1-18(27(39)42-16-19-8-3-2-4-9-19)33-46(41,45-22-13-7-11-20-10-5-6-12-21(20)22)43-17-29(34-35-31)25(38)24(37)26(44-29)36-15-14-23(30)32-28(36)40/h2-15,18,24-26,37-38H,16-17H2,1H3,(H,33,41)(H2,30,32,40)/t18-,24+,25-,26+,29+,46?/m0/s1. The van der Waals surface area contributed by atoms with Crippen molar-refractivity contribution in [2.45, 2.75) is 43.7 Å². The van der Waals surface area contributed by atoms with Crippen molar-refractivity contribution in [3.63, 3.8) is 0 Å². The van der Waals surface area contributed by atoms with Crippen molar-refractivity contribution in [1.29, 1.82) is 0 Å². The van der Waals surface area contributed by atoms with Crippen LogP contribution in [0.3, 0.4) is 0 Å². The minimum atomic E-state index is -4.63. The number of benzene rings is 3. The van der Waals surface area contributed by atoms with Gasteiger partial charge in [0, 0.05) is 16.5 Å². The first kappa shape index (κ1) is 32.6. The molecule has 0 radical (unpaired) electrons. The molecule has 0 amide bonds. The molecule has 1 saturated heterocycles. The normalized spacial score (nSPS) is 22.8. The molecule has 240 valence electrons. The summed E-state index contributed by atoms with van der Waals surface area (Å²) < 4.78 is 37.9. The second kappa shape index (κ2) is 13.7. The first-order chi connectivity index (χ1) is 22.0. The number of anilines is 1. The van der Waals surface area contributed by atoms with E-state index in [2.05, 4.69) is 20.1 Å². The molecule has 5 rings (SSSR count). The maximum Gasteiger partial charge on any atom is 0.459 e. The molecule has 4 aromatic rings. The number of aromatic nitrogens is 2. The van der Waals surface area contributed by atoms with Gasteiger partial charge < -0.3 is 29.9 Å². The van der Waals surface area contributed by atoms with E-state index >= 15 is 0 Å². The van der Waals surface area contributed by atoms with Crippen LogP contribution in [-0.4, -0.2) is 56.3 Å². The van der Waals surface area contributed by atoms with Crippen molar-refractivity contribution in [2.75, 3.05) is 12.3 Å². The summed E-state index contributed by atoms with van der Waals surface area (Å²) in [7, 11) is -4.63. The van der Waals surface area contributed by atoms with Crippen molar-refractivity contribution in [3.05, 3.63) is 112 Å². The third-order valence-corrected chi connectivity index (χ3v) is 8.69. The van der Waals surface area contributed by atoms with E-state index in [1.54, 1.807) is 60.7 Å². The van der Waals surface area contributed by atoms with Crippen LogP contribution in [0.5, 0.6) is 5.75 Å². The number of esters is 1. The molecule has 0 bridgehead atoms. The molecule has 17 heteroatoms. The number of rotatable bonds is 12. The minimum Gasteiger partial charge on any atom is -0.460 e. The van der Waals surface area contributed by atoms with Crippen LogP contribution in [0.4, 0.5) is 5.82 Å². The number of aliphatic hydroxyl groups excluding tert-OH is 2. The average molecular weight is 652 g/mol. The zero-order chi connectivity index (χ0) is 32.9. The molecular formula is C29H30N7O9P. The summed E-state index contributed by atoms with van der Waals surface area (Å²) >= 11 is 0. The zero-order valence-electron chi connectivity index (χ0n) is 24.3. The maximum absolute atomic E-state index is 14.4. The molecule has 0 saturated carbocycles. The van der Waals surface area contributed by atoms with Gasteiger partial charge in [0.25, 0.3) is 0 Å². The Hall–Kier alpha value is -4.79. The van der Waals surface area contributed by atoms with E-state index in [9.17, 15) is 29.9 Å². The van der Waals surface area contributed by atoms with E-state index in [0.29, 0.717) is 5.39 Å². The number of nitrogens with zero attached hydrogens (tertiary/aromatic N) is 5. The molecule has 6 atom stereocenters. The first-order valence-corrected chi connectivity index (χ1v) is 15.4. The molecule has 1 aromatic heterocycles. The smallest absolute Gasteiger partial charge is 0.459 e. The fourth-order valence-corrected chi connectivity index (χ4v) is 6.27. The van der Waals surface area contributed by atoms with Gasteiger partial charge in [0.05, 0.1) is 6.61 Å². The van der Waals surface area contributed by atoms with E-state index in [4.69, 9.17) is 24.3 Å².